The van der Waals surface area contributed by atoms with E-state index in [1.54, 1.807) is 6.92 Å². The van der Waals surface area contributed by atoms with Crippen molar-refractivity contribution >= 4 is 27.4 Å². The lowest BCUT2D eigenvalue weighted by Crippen LogP contribution is -2.16. The number of carbonyl (C=O) groups excluding carboxylic acids is 1. The Labute approximate surface area is 153 Å². The number of hydrogen-bond acceptors (Lipinski definition) is 5. The highest BCUT2D eigenvalue weighted by molar-refractivity contribution is 7.92. The lowest BCUT2D eigenvalue weighted by molar-refractivity contribution is 0.101. The van der Waals surface area contributed by atoms with Crippen molar-refractivity contribution in [3.05, 3.63) is 71.5 Å². The third-order valence-corrected chi connectivity index (χ3v) is 4.85. The molecule has 0 bridgehead atoms. The second-order valence-electron chi connectivity index (χ2n) is 5.50. The molecule has 0 aliphatic rings. The molecule has 140 valence electrons. The van der Waals surface area contributed by atoms with Crippen LogP contribution in [0.25, 0.3) is 0 Å². The molecular weight excluding hydrogens is 380 g/mol. The molecule has 10 heteroatoms. The Morgan fingerprint density at radius 3 is 2.26 bits per heavy atom. The summed E-state index contributed by atoms with van der Waals surface area (Å²) < 4.78 is 58.8. The van der Waals surface area contributed by atoms with Gasteiger partial charge in [-0.2, -0.15) is 0 Å². The molecule has 0 fully saturated rings. The van der Waals surface area contributed by atoms with Crippen molar-refractivity contribution in [2.45, 2.75) is 11.8 Å². The van der Waals surface area contributed by atoms with E-state index < -0.39 is 33.1 Å². The standard InChI is InChI=1S/C17H13F2N3O4S/c1-10-9-15(21-26-10)22-27(24,25)12-7-5-11(6-8-12)20-17(23)16-13(18)3-2-4-14(16)19/h2-9H,1H3,(H,20,23)(H,21,22). The van der Waals surface area contributed by atoms with E-state index in [0.717, 1.165) is 18.2 Å². The van der Waals surface area contributed by atoms with Crippen LogP contribution in [0.5, 0.6) is 0 Å². The molecular formula is C17H13F2N3O4S. The Balaban J connectivity index is 1.76. The average molecular weight is 393 g/mol. The summed E-state index contributed by atoms with van der Waals surface area (Å²) in [5.41, 5.74) is -0.559. The Kier molecular flexibility index (Phi) is 4.91. The summed E-state index contributed by atoms with van der Waals surface area (Å²) in [7, 11) is -3.92. The normalized spacial score (nSPS) is 11.2. The number of nitrogens with zero attached hydrogens (tertiary/aromatic N) is 1. The molecule has 27 heavy (non-hydrogen) atoms. The molecule has 3 rings (SSSR count). The highest BCUT2D eigenvalue weighted by Crippen LogP contribution is 2.19. The van der Waals surface area contributed by atoms with Gasteiger partial charge in [0.05, 0.1) is 4.90 Å². The molecule has 0 saturated carbocycles. The predicted molar refractivity (Wildman–Crippen MR) is 92.8 cm³/mol. The second kappa shape index (κ2) is 7.16. The van der Waals surface area contributed by atoms with Crippen LogP contribution in [0.4, 0.5) is 20.3 Å². The average Bonchev–Trinajstić information content (AvgIpc) is 2.99. The number of carbonyl (C=O) groups is 1. The number of anilines is 2. The van der Waals surface area contributed by atoms with Gasteiger partial charge in [-0.25, -0.2) is 17.2 Å². The fourth-order valence-electron chi connectivity index (χ4n) is 2.24. The van der Waals surface area contributed by atoms with Gasteiger partial charge in [-0.1, -0.05) is 11.2 Å². The monoisotopic (exact) mass is 393 g/mol. The maximum Gasteiger partial charge on any atom is 0.263 e. The van der Waals surface area contributed by atoms with Crippen molar-refractivity contribution < 1.29 is 26.5 Å². The zero-order chi connectivity index (χ0) is 19.6. The van der Waals surface area contributed by atoms with Gasteiger partial charge in [-0.15, -0.1) is 0 Å². The third kappa shape index (κ3) is 4.11. The van der Waals surface area contributed by atoms with Crippen LogP contribution in [-0.2, 0) is 10.0 Å². The zero-order valence-electron chi connectivity index (χ0n) is 13.9. The van der Waals surface area contributed by atoms with Crippen LogP contribution >= 0.6 is 0 Å². The largest absolute Gasteiger partial charge is 0.360 e. The first-order valence-corrected chi connectivity index (χ1v) is 9.06. The van der Waals surface area contributed by atoms with E-state index in [0.29, 0.717) is 5.76 Å². The van der Waals surface area contributed by atoms with Crippen LogP contribution in [0.1, 0.15) is 16.1 Å². The first-order chi connectivity index (χ1) is 12.8. The van der Waals surface area contributed by atoms with Crippen molar-refractivity contribution in [3.63, 3.8) is 0 Å². The number of aromatic nitrogens is 1. The van der Waals surface area contributed by atoms with Gasteiger partial charge in [-0.05, 0) is 43.3 Å². The molecule has 0 aliphatic carbocycles. The number of sulfonamides is 1. The maximum atomic E-state index is 13.6. The fourth-order valence-corrected chi connectivity index (χ4v) is 3.22. The van der Waals surface area contributed by atoms with Gasteiger partial charge in [0, 0.05) is 11.8 Å². The van der Waals surface area contributed by atoms with E-state index in [1.807, 2.05) is 0 Å². The first kappa shape index (κ1) is 18.5. The Morgan fingerprint density at radius 2 is 1.70 bits per heavy atom. The summed E-state index contributed by atoms with van der Waals surface area (Å²) in [6.07, 6.45) is 0. The Morgan fingerprint density at radius 1 is 1.07 bits per heavy atom. The van der Waals surface area contributed by atoms with Crippen LogP contribution in [0.2, 0.25) is 0 Å². The second-order valence-corrected chi connectivity index (χ2v) is 7.19. The summed E-state index contributed by atoms with van der Waals surface area (Å²) in [4.78, 5) is 11.9. The number of rotatable bonds is 5. The summed E-state index contributed by atoms with van der Waals surface area (Å²) in [5, 5.41) is 5.85. The number of halogens is 2. The summed E-state index contributed by atoms with van der Waals surface area (Å²) in [6.45, 7) is 1.61. The number of benzene rings is 2. The topological polar surface area (TPSA) is 101 Å². The van der Waals surface area contributed by atoms with Gasteiger partial charge in [0.15, 0.2) is 5.82 Å². The number of amides is 1. The van der Waals surface area contributed by atoms with Crippen LogP contribution in [0.3, 0.4) is 0 Å². The molecule has 1 aromatic heterocycles. The number of aryl methyl sites for hydroxylation is 1. The van der Waals surface area contributed by atoms with Crippen molar-refractivity contribution in [3.8, 4) is 0 Å². The van der Waals surface area contributed by atoms with Crippen LogP contribution in [-0.4, -0.2) is 19.5 Å². The summed E-state index contributed by atoms with van der Waals surface area (Å²) in [6, 6.07) is 9.51. The fraction of sp³-hybridized carbons (Fsp3) is 0.0588. The van der Waals surface area contributed by atoms with Gasteiger partial charge in [0.1, 0.15) is 23.0 Å². The number of nitrogens with one attached hydrogen (secondary N) is 2. The van der Waals surface area contributed by atoms with Gasteiger partial charge in [0.25, 0.3) is 15.9 Å². The zero-order valence-corrected chi connectivity index (χ0v) is 14.7. The van der Waals surface area contributed by atoms with Crippen molar-refractivity contribution in [2.75, 3.05) is 10.0 Å². The molecule has 1 amide bonds. The summed E-state index contributed by atoms with van der Waals surface area (Å²) in [5.74, 6) is -2.53. The minimum atomic E-state index is -3.92. The molecule has 3 aromatic rings. The third-order valence-electron chi connectivity index (χ3n) is 3.48. The lowest BCUT2D eigenvalue weighted by atomic mass is 10.2. The molecule has 2 aromatic carbocycles. The van der Waals surface area contributed by atoms with E-state index >= 15 is 0 Å². The highest BCUT2D eigenvalue weighted by atomic mass is 32.2. The van der Waals surface area contributed by atoms with Gasteiger partial charge in [-0.3, -0.25) is 9.52 Å². The van der Waals surface area contributed by atoms with Gasteiger partial charge < -0.3 is 9.84 Å². The molecule has 7 nitrogen and oxygen atoms in total. The summed E-state index contributed by atoms with van der Waals surface area (Å²) >= 11 is 0. The predicted octanol–water partition coefficient (Wildman–Crippen LogP) is 3.31. The van der Waals surface area contributed by atoms with Crippen molar-refractivity contribution in [1.29, 1.82) is 0 Å². The molecule has 0 atom stereocenters. The van der Waals surface area contributed by atoms with E-state index in [9.17, 15) is 22.0 Å². The molecule has 0 unspecified atom stereocenters. The SMILES string of the molecule is Cc1cc(NS(=O)(=O)c2ccc(NC(=O)c3c(F)cccc3F)cc2)no1. The van der Waals surface area contributed by atoms with Crippen molar-refractivity contribution in [1.82, 2.24) is 5.16 Å². The number of hydrogen-bond donors (Lipinski definition) is 2. The first-order valence-electron chi connectivity index (χ1n) is 7.58. The Bertz CT molecular complexity index is 1080. The van der Waals surface area contributed by atoms with Gasteiger partial charge >= 0.3 is 0 Å². The minimum Gasteiger partial charge on any atom is -0.360 e. The molecule has 2 N–H and O–H groups in total. The van der Waals surface area contributed by atoms with Crippen LogP contribution < -0.4 is 10.0 Å². The lowest BCUT2D eigenvalue weighted by Gasteiger charge is -2.09. The highest BCUT2D eigenvalue weighted by Gasteiger charge is 2.19. The minimum absolute atomic E-state index is 0.0277. The van der Waals surface area contributed by atoms with E-state index in [-0.39, 0.29) is 16.4 Å². The molecule has 0 radical (unpaired) electrons. The quantitative estimate of drug-likeness (QED) is 0.693. The van der Waals surface area contributed by atoms with Crippen molar-refractivity contribution in [2.24, 2.45) is 0 Å². The van der Waals surface area contributed by atoms with E-state index in [4.69, 9.17) is 4.52 Å². The molecule has 0 aliphatic heterocycles. The molecule has 0 spiro atoms. The maximum absolute atomic E-state index is 13.6. The molecule has 1 heterocycles. The van der Waals surface area contributed by atoms with E-state index in [1.165, 1.54) is 30.3 Å². The smallest absolute Gasteiger partial charge is 0.263 e. The molecule has 0 saturated heterocycles. The van der Waals surface area contributed by atoms with Crippen LogP contribution in [0, 0.1) is 18.6 Å². The Hall–Kier alpha value is -3.27. The van der Waals surface area contributed by atoms with Crippen LogP contribution in [0.15, 0.2) is 57.9 Å². The van der Waals surface area contributed by atoms with E-state index in [2.05, 4.69) is 15.2 Å². The van der Waals surface area contributed by atoms with Gasteiger partial charge in [0.2, 0.25) is 0 Å².